The number of hydrogen-bond donors (Lipinski definition) is 1. The van der Waals surface area contributed by atoms with E-state index in [1.165, 1.54) is 33.5 Å². The van der Waals surface area contributed by atoms with Gasteiger partial charge in [-0.1, -0.05) is 12.1 Å². The van der Waals surface area contributed by atoms with E-state index in [0.717, 1.165) is 0 Å². The highest BCUT2D eigenvalue weighted by molar-refractivity contribution is 5.32. The minimum absolute atomic E-state index is 0.0718. The standard InChI is InChI=1S/C11H15FO4/c1-14-8-6-4-5-7(9(8)12)10(13)11(15-2)16-3/h4-6,10-11,13H,1-3H3. The highest BCUT2D eigenvalue weighted by Gasteiger charge is 2.24. The Morgan fingerprint density at radius 2 is 1.81 bits per heavy atom. The van der Waals surface area contributed by atoms with Gasteiger partial charge in [0, 0.05) is 19.8 Å². The Bertz CT molecular complexity index is 339. The zero-order chi connectivity index (χ0) is 12.1. The van der Waals surface area contributed by atoms with Crippen LogP contribution in [0.3, 0.4) is 0 Å². The predicted molar refractivity (Wildman–Crippen MR) is 55.7 cm³/mol. The second-order valence-corrected chi connectivity index (χ2v) is 3.15. The number of rotatable bonds is 5. The summed E-state index contributed by atoms with van der Waals surface area (Å²) in [6.45, 7) is 0. The average Bonchev–Trinajstić information content (AvgIpc) is 2.30. The second kappa shape index (κ2) is 5.79. The van der Waals surface area contributed by atoms with Gasteiger partial charge in [-0.2, -0.15) is 0 Å². The van der Waals surface area contributed by atoms with Crippen LogP contribution in [-0.4, -0.2) is 32.7 Å². The van der Waals surface area contributed by atoms with Gasteiger partial charge in [0.25, 0.3) is 0 Å². The van der Waals surface area contributed by atoms with E-state index < -0.39 is 18.2 Å². The van der Waals surface area contributed by atoms with E-state index in [-0.39, 0.29) is 11.3 Å². The molecule has 0 fully saturated rings. The topological polar surface area (TPSA) is 47.9 Å². The van der Waals surface area contributed by atoms with Crippen molar-refractivity contribution in [2.24, 2.45) is 0 Å². The molecule has 0 amide bonds. The van der Waals surface area contributed by atoms with E-state index in [2.05, 4.69) is 0 Å². The maximum atomic E-state index is 13.8. The number of halogens is 1. The van der Waals surface area contributed by atoms with Crippen LogP contribution in [0.15, 0.2) is 18.2 Å². The fourth-order valence-corrected chi connectivity index (χ4v) is 1.41. The summed E-state index contributed by atoms with van der Waals surface area (Å²) in [6, 6.07) is 4.51. The van der Waals surface area contributed by atoms with Crippen LogP contribution >= 0.6 is 0 Å². The lowest BCUT2D eigenvalue weighted by molar-refractivity contribution is -0.167. The minimum Gasteiger partial charge on any atom is -0.494 e. The molecule has 0 saturated heterocycles. The molecule has 5 heteroatoms. The summed E-state index contributed by atoms with van der Waals surface area (Å²) in [5.74, 6) is -0.542. The molecule has 0 aliphatic heterocycles. The third-order valence-electron chi connectivity index (χ3n) is 2.25. The van der Waals surface area contributed by atoms with Crippen LogP contribution < -0.4 is 4.74 Å². The molecule has 1 atom stereocenters. The highest BCUT2D eigenvalue weighted by atomic mass is 19.1. The molecule has 0 aromatic heterocycles. The van der Waals surface area contributed by atoms with E-state index in [4.69, 9.17) is 14.2 Å². The second-order valence-electron chi connectivity index (χ2n) is 3.15. The summed E-state index contributed by atoms with van der Waals surface area (Å²) in [5.41, 5.74) is 0.0769. The van der Waals surface area contributed by atoms with E-state index >= 15 is 0 Å². The van der Waals surface area contributed by atoms with Gasteiger partial charge in [-0.15, -0.1) is 0 Å². The summed E-state index contributed by atoms with van der Waals surface area (Å²) in [5, 5.41) is 9.84. The Morgan fingerprint density at radius 3 is 2.31 bits per heavy atom. The number of aliphatic hydroxyl groups excluding tert-OH is 1. The van der Waals surface area contributed by atoms with E-state index in [1.54, 1.807) is 6.07 Å². The zero-order valence-corrected chi connectivity index (χ0v) is 9.44. The first-order chi connectivity index (χ1) is 7.65. The molecule has 0 heterocycles. The Kier molecular flexibility index (Phi) is 4.67. The molecule has 1 aromatic carbocycles. The summed E-state index contributed by atoms with van der Waals surface area (Å²) in [7, 11) is 4.10. The lowest BCUT2D eigenvalue weighted by Gasteiger charge is -2.21. The highest BCUT2D eigenvalue weighted by Crippen LogP contribution is 2.27. The molecule has 0 aliphatic carbocycles. The summed E-state index contributed by atoms with van der Waals surface area (Å²) in [4.78, 5) is 0. The van der Waals surface area contributed by atoms with Gasteiger partial charge in [0.15, 0.2) is 17.9 Å². The first-order valence-corrected chi connectivity index (χ1v) is 4.71. The molecule has 1 unspecified atom stereocenters. The van der Waals surface area contributed by atoms with Crippen molar-refractivity contribution in [1.82, 2.24) is 0 Å². The Balaban J connectivity index is 3.03. The molecule has 0 aliphatic rings. The first-order valence-electron chi connectivity index (χ1n) is 4.71. The Labute approximate surface area is 93.6 Å². The SMILES string of the molecule is COc1cccc(C(O)C(OC)OC)c1F. The molecular weight excluding hydrogens is 215 g/mol. The van der Waals surface area contributed by atoms with Crippen molar-refractivity contribution in [3.05, 3.63) is 29.6 Å². The molecule has 0 saturated carbocycles. The van der Waals surface area contributed by atoms with Crippen molar-refractivity contribution in [3.63, 3.8) is 0 Å². The Hall–Kier alpha value is -1.17. The molecule has 90 valence electrons. The van der Waals surface area contributed by atoms with Crippen molar-refractivity contribution in [2.45, 2.75) is 12.4 Å². The molecule has 1 aromatic rings. The van der Waals surface area contributed by atoms with Crippen molar-refractivity contribution in [1.29, 1.82) is 0 Å². The number of aliphatic hydroxyl groups is 1. The van der Waals surface area contributed by atoms with E-state index in [1.807, 2.05) is 0 Å². The van der Waals surface area contributed by atoms with E-state index in [9.17, 15) is 9.50 Å². The van der Waals surface area contributed by atoms with Crippen LogP contribution in [-0.2, 0) is 9.47 Å². The smallest absolute Gasteiger partial charge is 0.187 e. The Morgan fingerprint density at radius 1 is 1.19 bits per heavy atom. The largest absolute Gasteiger partial charge is 0.494 e. The summed E-state index contributed by atoms with van der Waals surface area (Å²) < 4.78 is 28.3. The van der Waals surface area contributed by atoms with Crippen LogP contribution in [0.4, 0.5) is 4.39 Å². The maximum absolute atomic E-state index is 13.8. The summed E-state index contributed by atoms with van der Waals surface area (Å²) in [6.07, 6.45) is -2.12. The third-order valence-corrected chi connectivity index (χ3v) is 2.25. The monoisotopic (exact) mass is 230 g/mol. The van der Waals surface area contributed by atoms with Crippen molar-refractivity contribution >= 4 is 0 Å². The molecule has 1 rings (SSSR count). The molecule has 1 N–H and O–H groups in total. The van der Waals surface area contributed by atoms with Crippen molar-refractivity contribution in [2.75, 3.05) is 21.3 Å². The van der Waals surface area contributed by atoms with Crippen molar-refractivity contribution in [3.8, 4) is 5.75 Å². The van der Waals surface area contributed by atoms with Crippen LogP contribution in [0.1, 0.15) is 11.7 Å². The normalized spacial score (nSPS) is 12.9. The number of hydrogen-bond acceptors (Lipinski definition) is 4. The van der Waals surface area contributed by atoms with Crippen LogP contribution in [0.25, 0.3) is 0 Å². The van der Waals surface area contributed by atoms with Gasteiger partial charge in [-0.05, 0) is 6.07 Å². The average molecular weight is 230 g/mol. The first kappa shape index (κ1) is 12.9. The zero-order valence-electron chi connectivity index (χ0n) is 9.44. The third kappa shape index (κ3) is 2.49. The van der Waals surface area contributed by atoms with Gasteiger partial charge in [0.2, 0.25) is 0 Å². The van der Waals surface area contributed by atoms with Gasteiger partial charge in [0.1, 0.15) is 6.10 Å². The van der Waals surface area contributed by atoms with Gasteiger partial charge >= 0.3 is 0 Å². The molecule has 0 bridgehead atoms. The molecule has 16 heavy (non-hydrogen) atoms. The number of benzene rings is 1. The van der Waals surface area contributed by atoms with Crippen molar-refractivity contribution < 1.29 is 23.7 Å². The van der Waals surface area contributed by atoms with Gasteiger partial charge in [-0.25, -0.2) is 4.39 Å². The van der Waals surface area contributed by atoms with Crippen LogP contribution in [0.5, 0.6) is 5.75 Å². The van der Waals surface area contributed by atoms with Gasteiger partial charge in [0.05, 0.1) is 7.11 Å². The molecule has 0 radical (unpaired) electrons. The lowest BCUT2D eigenvalue weighted by atomic mass is 10.1. The minimum atomic E-state index is -1.20. The van der Waals surface area contributed by atoms with Gasteiger partial charge < -0.3 is 19.3 Å². The molecule has 4 nitrogen and oxygen atoms in total. The van der Waals surface area contributed by atoms with Gasteiger partial charge in [-0.3, -0.25) is 0 Å². The predicted octanol–water partition coefficient (Wildman–Crippen LogP) is 1.49. The number of ether oxygens (including phenoxy) is 3. The van der Waals surface area contributed by atoms with Crippen LogP contribution in [0, 0.1) is 5.82 Å². The lowest BCUT2D eigenvalue weighted by Crippen LogP contribution is -2.23. The molecular formula is C11H15FO4. The number of methoxy groups -OCH3 is 3. The maximum Gasteiger partial charge on any atom is 0.187 e. The fourth-order valence-electron chi connectivity index (χ4n) is 1.41. The summed E-state index contributed by atoms with van der Waals surface area (Å²) >= 11 is 0. The quantitative estimate of drug-likeness (QED) is 0.778. The molecule has 0 spiro atoms. The van der Waals surface area contributed by atoms with Crippen LogP contribution in [0.2, 0.25) is 0 Å². The fraction of sp³-hybridized carbons (Fsp3) is 0.455. The van der Waals surface area contributed by atoms with E-state index in [0.29, 0.717) is 0 Å².